The number of unbranched alkanes of at least 4 members (excludes halogenated alkanes) is 1. The summed E-state index contributed by atoms with van der Waals surface area (Å²) in [6.45, 7) is 4.90. The Morgan fingerprint density at radius 2 is 1.50 bits per heavy atom. The van der Waals surface area contributed by atoms with Gasteiger partial charge in [0.15, 0.2) is 0 Å². The van der Waals surface area contributed by atoms with Crippen molar-refractivity contribution in [2.45, 2.75) is 37.6 Å². The van der Waals surface area contributed by atoms with Crippen LogP contribution in [-0.2, 0) is 19.6 Å². The molecule has 4 rings (SSSR count). The number of sulfonamides is 1. The van der Waals surface area contributed by atoms with Gasteiger partial charge >= 0.3 is 0 Å². The number of methoxy groups -OCH3 is 1. The fourth-order valence-corrected chi connectivity index (χ4v) is 5.38. The first-order valence-corrected chi connectivity index (χ1v) is 15.3. The van der Waals surface area contributed by atoms with Crippen LogP contribution in [0.1, 0.15) is 26.7 Å². The molecule has 0 radical (unpaired) electrons. The zero-order valence-electron chi connectivity index (χ0n) is 24.1. The second-order valence-electron chi connectivity index (χ2n) is 9.91. The van der Waals surface area contributed by atoms with Crippen molar-refractivity contribution in [2.75, 3.05) is 31.8 Å². The zero-order chi connectivity index (χ0) is 30.0. The van der Waals surface area contributed by atoms with E-state index in [1.165, 1.54) is 31.4 Å². The first-order chi connectivity index (χ1) is 20.3. The fourth-order valence-electron chi connectivity index (χ4n) is 4.40. The lowest BCUT2D eigenvalue weighted by Crippen LogP contribution is -2.34. The topological polar surface area (TPSA) is 111 Å². The highest BCUT2D eigenvalue weighted by molar-refractivity contribution is 7.90. The summed E-state index contributed by atoms with van der Waals surface area (Å²) in [7, 11) is -2.49. The zero-order valence-corrected chi connectivity index (χ0v) is 24.9. The number of anilines is 1. The van der Waals surface area contributed by atoms with Crippen LogP contribution in [0.3, 0.4) is 0 Å². The van der Waals surface area contributed by atoms with E-state index in [0.717, 1.165) is 34.8 Å². The summed E-state index contributed by atoms with van der Waals surface area (Å²) in [5, 5.41) is 0. The minimum absolute atomic E-state index is 0.0271. The molecular formula is C32H36N4O5S. The highest BCUT2D eigenvalue weighted by Gasteiger charge is 2.19. The summed E-state index contributed by atoms with van der Waals surface area (Å²) in [6.07, 6.45) is 3.29. The maximum atomic E-state index is 12.4. The summed E-state index contributed by atoms with van der Waals surface area (Å²) >= 11 is 0. The second-order valence-corrected chi connectivity index (χ2v) is 11.6. The summed E-state index contributed by atoms with van der Waals surface area (Å²) in [6, 6.07) is 26.0. The highest BCUT2D eigenvalue weighted by Crippen LogP contribution is 2.31. The number of aromatic nitrogens is 2. The van der Waals surface area contributed by atoms with Gasteiger partial charge in [-0.15, -0.1) is 0 Å². The van der Waals surface area contributed by atoms with Crippen molar-refractivity contribution in [1.29, 1.82) is 0 Å². The van der Waals surface area contributed by atoms with Crippen LogP contribution in [0.4, 0.5) is 5.82 Å². The Labute approximate surface area is 247 Å². The minimum Gasteiger partial charge on any atom is -0.497 e. The monoisotopic (exact) mass is 588 g/mol. The van der Waals surface area contributed by atoms with Gasteiger partial charge in [0.2, 0.25) is 0 Å². The van der Waals surface area contributed by atoms with Gasteiger partial charge in [-0.25, -0.2) is 18.1 Å². The third-order valence-electron chi connectivity index (χ3n) is 6.56. The quantitative estimate of drug-likeness (QED) is 0.197. The van der Waals surface area contributed by atoms with Gasteiger partial charge in [0.1, 0.15) is 18.2 Å². The number of carbonyl (C=O) groups excluding carboxylic acids is 1. The molecule has 0 unspecified atom stereocenters. The van der Waals surface area contributed by atoms with Crippen LogP contribution in [0, 0.1) is 0 Å². The number of carbonyl (C=O) groups is 1. The number of rotatable bonds is 14. The van der Waals surface area contributed by atoms with Crippen molar-refractivity contribution in [1.82, 2.24) is 14.7 Å². The molecule has 3 aromatic carbocycles. The lowest BCUT2D eigenvalue weighted by molar-refractivity contribution is -0.123. The third-order valence-corrected chi connectivity index (χ3v) is 7.95. The predicted octanol–water partition coefficient (Wildman–Crippen LogP) is 5.34. The molecule has 0 saturated heterocycles. The van der Waals surface area contributed by atoms with Crippen LogP contribution in [0.15, 0.2) is 96.0 Å². The molecular weight excluding hydrogens is 552 g/mol. The number of nitrogens with one attached hydrogen (secondary N) is 1. The summed E-state index contributed by atoms with van der Waals surface area (Å²) in [5.41, 5.74) is 3.65. The first kappa shape index (κ1) is 30.7. The average Bonchev–Trinajstić information content (AvgIpc) is 3.01. The van der Waals surface area contributed by atoms with E-state index in [2.05, 4.69) is 18.7 Å². The van der Waals surface area contributed by atoms with Gasteiger partial charge in [-0.05, 0) is 51.0 Å². The van der Waals surface area contributed by atoms with E-state index in [9.17, 15) is 13.2 Å². The van der Waals surface area contributed by atoms with Gasteiger partial charge in [-0.1, -0.05) is 60.7 Å². The number of benzene rings is 3. The van der Waals surface area contributed by atoms with Crippen LogP contribution in [0.5, 0.6) is 5.75 Å². The van der Waals surface area contributed by atoms with Crippen LogP contribution in [0.2, 0.25) is 0 Å². The van der Waals surface area contributed by atoms with Gasteiger partial charge < -0.3 is 14.4 Å². The Morgan fingerprint density at radius 3 is 2.10 bits per heavy atom. The maximum Gasteiger partial charge on any atom is 0.264 e. The number of nitrogens with zero attached hydrogens (tertiary/aromatic N) is 3. The van der Waals surface area contributed by atoms with Gasteiger partial charge in [0.05, 0.1) is 29.6 Å². The Hall–Kier alpha value is -4.28. The lowest BCUT2D eigenvalue weighted by Gasteiger charge is -2.28. The number of hydrogen-bond donors (Lipinski definition) is 1. The van der Waals surface area contributed by atoms with Crippen molar-refractivity contribution in [3.05, 3.63) is 91.1 Å². The second kappa shape index (κ2) is 14.6. The van der Waals surface area contributed by atoms with Crippen LogP contribution in [-0.4, -0.2) is 57.2 Å². The predicted molar refractivity (Wildman–Crippen MR) is 164 cm³/mol. The molecule has 0 saturated carbocycles. The summed E-state index contributed by atoms with van der Waals surface area (Å²) in [4.78, 5) is 24.3. The van der Waals surface area contributed by atoms with E-state index >= 15 is 0 Å². The minimum atomic E-state index is -3.98. The number of hydrogen-bond acceptors (Lipinski definition) is 8. The molecule has 1 heterocycles. The molecule has 0 atom stereocenters. The van der Waals surface area contributed by atoms with Crippen molar-refractivity contribution in [3.8, 4) is 28.3 Å². The van der Waals surface area contributed by atoms with E-state index in [-0.39, 0.29) is 17.5 Å². The highest BCUT2D eigenvalue weighted by atomic mass is 32.2. The number of amides is 1. The molecule has 220 valence electrons. The molecule has 1 aromatic heterocycles. The van der Waals surface area contributed by atoms with Crippen molar-refractivity contribution < 1.29 is 22.7 Å². The molecule has 10 heteroatoms. The normalized spacial score (nSPS) is 11.3. The molecule has 0 aliphatic carbocycles. The molecule has 0 aliphatic heterocycles. The van der Waals surface area contributed by atoms with E-state index in [4.69, 9.17) is 19.4 Å². The van der Waals surface area contributed by atoms with E-state index in [1.807, 2.05) is 71.6 Å². The summed E-state index contributed by atoms with van der Waals surface area (Å²) in [5.74, 6) is 0.580. The average molecular weight is 589 g/mol. The standard InChI is InChI=1S/C32H36N4O5S/c1-24(2)36(20-10-11-21-41-23-30(37)35-42(38,39)28-18-16-27(40-3)17-19-28)29-22-33-31(25-12-6-4-7-13-25)32(34-29)26-14-8-5-9-15-26/h4-9,12-19,22,24H,10-11,20-21,23H2,1-3H3,(H,35,37). The van der Waals surface area contributed by atoms with Gasteiger partial charge in [-0.2, -0.15) is 0 Å². The third kappa shape index (κ3) is 8.14. The SMILES string of the molecule is COc1ccc(S(=O)(=O)NC(=O)COCCCCN(c2cnc(-c3ccccc3)c(-c3ccccc3)n2)C(C)C)cc1. The van der Waals surface area contributed by atoms with Crippen molar-refractivity contribution in [2.24, 2.45) is 0 Å². The van der Waals surface area contributed by atoms with E-state index in [0.29, 0.717) is 25.3 Å². The van der Waals surface area contributed by atoms with Gasteiger partial charge in [0, 0.05) is 30.3 Å². The molecule has 0 aliphatic rings. The Balaban J connectivity index is 1.32. The van der Waals surface area contributed by atoms with E-state index in [1.54, 1.807) is 0 Å². The summed E-state index contributed by atoms with van der Waals surface area (Å²) < 4.78 is 37.4. The molecule has 9 nitrogen and oxygen atoms in total. The molecule has 0 fully saturated rings. The van der Waals surface area contributed by atoms with Crippen LogP contribution >= 0.6 is 0 Å². The van der Waals surface area contributed by atoms with Crippen molar-refractivity contribution >= 4 is 21.7 Å². The first-order valence-electron chi connectivity index (χ1n) is 13.8. The maximum absolute atomic E-state index is 12.4. The van der Waals surface area contributed by atoms with E-state index < -0.39 is 15.9 Å². The smallest absolute Gasteiger partial charge is 0.264 e. The molecule has 1 N–H and O–H groups in total. The lowest BCUT2D eigenvalue weighted by atomic mass is 10.0. The van der Waals surface area contributed by atoms with Gasteiger partial charge in [-0.3, -0.25) is 9.78 Å². The Morgan fingerprint density at radius 1 is 0.881 bits per heavy atom. The van der Waals surface area contributed by atoms with Crippen LogP contribution < -0.4 is 14.4 Å². The van der Waals surface area contributed by atoms with Gasteiger partial charge in [0.25, 0.3) is 15.9 Å². The largest absolute Gasteiger partial charge is 0.497 e. The molecule has 0 spiro atoms. The molecule has 42 heavy (non-hydrogen) atoms. The fraction of sp³-hybridized carbons (Fsp3) is 0.281. The number of ether oxygens (including phenoxy) is 2. The Kier molecular flexibility index (Phi) is 10.6. The van der Waals surface area contributed by atoms with Crippen molar-refractivity contribution in [3.63, 3.8) is 0 Å². The Bertz CT molecular complexity index is 1550. The molecule has 0 bridgehead atoms. The molecule has 4 aromatic rings. The molecule has 1 amide bonds. The van der Waals surface area contributed by atoms with Crippen LogP contribution in [0.25, 0.3) is 22.5 Å².